The number of carboxylic acids is 2. The molecule has 10 atom stereocenters. The first-order valence-electron chi connectivity index (χ1n) is 25.6. The smallest absolute Gasteiger partial charge is 0.330 e. The summed E-state index contributed by atoms with van der Waals surface area (Å²) in [6, 6.07) is -6.30. The topological polar surface area (TPSA) is 435 Å². The number of esters is 2. The maximum Gasteiger partial charge on any atom is 0.330 e. The SMILES string of the molecule is C=C(OC(/C=C/CCS)CC(=O)N[C@H](CO)C(=O)O)C(N)CO.C=C(OC(/C=C/CCS)CC(=O)N[C@H](CO)C(=O)OC)C(N)CO.CC(/C=C/CCS)CC(=O)N[C@H](CO)C(=O)O.COC(=O)[C@@H](CO)NC(=O)CC(C)/C=C/CCS. The molecule has 0 radical (unpaired) electrons. The van der Waals surface area contributed by atoms with E-state index in [1.54, 1.807) is 24.3 Å². The minimum atomic E-state index is -1.38. The maximum absolute atomic E-state index is 12.0. The molecule has 0 rings (SSSR count). The van der Waals surface area contributed by atoms with Crippen molar-refractivity contribution in [2.24, 2.45) is 23.3 Å². The van der Waals surface area contributed by atoms with Gasteiger partial charge in [0.05, 0.1) is 78.8 Å². The number of rotatable bonds is 40. The molecule has 82 heavy (non-hydrogen) atoms. The summed E-state index contributed by atoms with van der Waals surface area (Å²) < 4.78 is 19.9. The van der Waals surface area contributed by atoms with Gasteiger partial charge in [0.2, 0.25) is 23.6 Å². The average Bonchev–Trinajstić information content (AvgIpc) is 3.43. The van der Waals surface area contributed by atoms with Crippen molar-refractivity contribution in [2.45, 2.75) is 114 Å². The summed E-state index contributed by atoms with van der Waals surface area (Å²) in [5.74, 6) is -2.68. The zero-order chi connectivity index (χ0) is 63.6. The predicted molar refractivity (Wildman–Crippen MR) is 321 cm³/mol. The van der Waals surface area contributed by atoms with Gasteiger partial charge in [-0.25, -0.2) is 19.2 Å². The van der Waals surface area contributed by atoms with E-state index < -0.39 is 111 Å². The van der Waals surface area contributed by atoms with E-state index in [0.717, 1.165) is 31.5 Å². The third kappa shape index (κ3) is 45.4. The molecule has 16 N–H and O–H groups in total. The van der Waals surface area contributed by atoms with Gasteiger partial charge < -0.3 is 92.5 Å². The van der Waals surface area contributed by atoms with Gasteiger partial charge in [-0.1, -0.05) is 63.5 Å². The molecular formula is C52H90N6O20S4. The highest BCUT2D eigenvalue weighted by molar-refractivity contribution is 7.80. The molecule has 30 heteroatoms. The van der Waals surface area contributed by atoms with Crippen molar-refractivity contribution in [3.63, 3.8) is 0 Å². The van der Waals surface area contributed by atoms with Crippen LogP contribution >= 0.6 is 50.5 Å². The molecule has 0 aliphatic rings. The van der Waals surface area contributed by atoms with Crippen LogP contribution in [-0.2, 0) is 57.3 Å². The van der Waals surface area contributed by atoms with Crippen LogP contribution in [0.3, 0.4) is 0 Å². The Kier molecular flexibility index (Phi) is 54.7. The highest BCUT2D eigenvalue weighted by Crippen LogP contribution is 2.13. The van der Waals surface area contributed by atoms with Gasteiger partial charge in [0.25, 0.3) is 0 Å². The van der Waals surface area contributed by atoms with Crippen molar-refractivity contribution < 1.29 is 98.2 Å². The van der Waals surface area contributed by atoms with Crippen LogP contribution in [0.1, 0.15) is 65.2 Å². The van der Waals surface area contributed by atoms with Crippen molar-refractivity contribution >= 4 is 98.0 Å². The monoisotopic (exact) mass is 1250 g/mol. The van der Waals surface area contributed by atoms with Gasteiger partial charge in [-0.3, -0.25) is 19.2 Å². The summed E-state index contributed by atoms with van der Waals surface area (Å²) in [5, 5.41) is 80.3. The van der Waals surface area contributed by atoms with Crippen LogP contribution in [0.4, 0.5) is 0 Å². The molecule has 4 amide bonds. The molecule has 0 saturated heterocycles. The molecule has 26 nitrogen and oxygen atoms in total. The van der Waals surface area contributed by atoms with Gasteiger partial charge in [-0.05, 0) is 72.7 Å². The molecule has 6 unspecified atom stereocenters. The fourth-order valence-corrected chi connectivity index (χ4v) is 6.23. The second-order valence-corrected chi connectivity index (χ2v) is 19.1. The minimum absolute atomic E-state index is 0.0306. The first kappa shape index (κ1) is 83.3. The third-order valence-electron chi connectivity index (χ3n) is 10.1. The second kappa shape index (κ2) is 53.9. The number of aliphatic carboxylic acids is 2. The Morgan fingerprint density at radius 2 is 0.707 bits per heavy atom. The average molecular weight is 1250 g/mol. The number of carboxylic acid groups (broad SMARTS) is 2. The van der Waals surface area contributed by atoms with Crippen LogP contribution in [-0.4, -0.2) is 214 Å². The molecule has 0 aromatic rings. The lowest BCUT2D eigenvalue weighted by atomic mass is 10.1. The number of aliphatic hydroxyl groups excluding tert-OH is 6. The van der Waals surface area contributed by atoms with E-state index >= 15 is 0 Å². The number of ether oxygens (including phenoxy) is 4. The van der Waals surface area contributed by atoms with Crippen molar-refractivity contribution in [1.29, 1.82) is 0 Å². The standard InChI is InChI=1S/C15H26N2O6S.C14H24N2O6S.C12H21NO4S.C11H19NO4S/c1-10(12(16)8-18)23-11(5-3-4-6-24)7-14(20)17-13(9-19)15(21)22-2;1-9(11(15)7-17)22-10(4-2-3-5-23)6-13(19)16-12(8-18)14(20)21;1-9(5-3-4-6-18)7-11(15)13-10(8-14)12(16)17-2;1-8(4-2-3-5-17)6-10(14)12-9(7-13)11(15)16/h3,5,11-13,18-19,24H,1,4,6-9,16H2,2H3,(H,17,20);2,4,10-12,17-18,23H,1,3,5-8,15H2,(H,16,19)(H,20,21);3,5,9-10,14,18H,4,6-8H2,1-2H3,(H,13,15);2,4,8-9,13,17H,3,5-7H2,1H3,(H,12,14)(H,15,16)/b5-3+;4-2+;5-3+;4-2+/t11?,12?,13-;10?,11?,12-;9?,10-;8?,9-/m1111/s1. The number of methoxy groups -OCH3 is 2. The number of hydrogen-bond donors (Lipinski definition) is 18. The number of aliphatic hydroxyl groups is 6. The first-order chi connectivity index (χ1) is 38.8. The van der Waals surface area contributed by atoms with Crippen LogP contribution in [0.25, 0.3) is 0 Å². The zero-order valence-corrected chi connectivity index (χ0v) is 50.5. The second-order valence-electron chi connectivity index (χ2n) is 17.3. The number of carbonyl (C=O) groups is 8. The Bertz CT molecular complexity index is 1990. The van der Waals surface area contributed by atoms with E-state index in [4.69, 9.17) is 61.8 Å². The molecule has 0 spiro atoms. The van der Waals surface area contributed by atoms with E-state index in [0.29, 0.717) is 24.3 Å². The van der Waals surface area contributed by atoms with Crippen molar-refractivity contribution in [3.8, 4) is 0 Å². The van der Waals surface area contributed by atoms with Crippen LogP contribution < -0.4 is 32.7 Å². The van der Waals surface area contributed by atoms with Crippen LogP contribution in [0.5, 0.6) is 0 Å². The number of nitrogens with two attached hydrogens (primary N) is 2. The van der Waals surface area contributed by atoms with Gasteiger partial charge in [-0.15, -0.1) is 0 Å². The lowest BCUT2D eigenvalue weighted by Crippen LogP contribution is -2.45. The number of thiol groups is 4. The quantitative estimate of drug-likeness (QED) is 0.0154. The Balaban J connectivity index is -0.000000500. The summed E-state index contributed by atoms with van der Waals surface area (Å²) in [4.78, 5) is 90.8. The van der Waals surface area contributed by atoms with Crippen molar-refractivity contribution in [2.75, 3.05) is 76.9 Å². The Labute approximate surface area is 502 Å². The summed E-state index contributed by atoms with van der Waals surface area (Å²) >= 11 is 16.3. The molecule has 472 valence electrons. The number of carbonyl (C=O) groups excluding carboxylic acids is 6. The third-order valence-corrected chi connectivity index (χ3v) is 11.1. The highest BCUT2D eigenvalue weighted by Gasteiger charge is 2.25. The lowest BCUT2D eigenvalue weighted by molar-refractivity contribution is -0.146. The number of allylic oxidation sites excluding steroid dienone is 6. The molecular weight excluding hydrogens is 1160 g/mol. The Morgan fingerprint density at radius 3 is 0.939 bits per heavy atom. The molecule has 0 saturated carbocycles. The molecule has 0 aromatic carbocycles. The van der Waals surface area contributed by atoms with Gasteiger partial charge >= 0.3 is 23.9 Å². The van der Waals surface area contributed by atoms with E-state index in [2.05, 4.69) is 94.4 Å². The molecule has 0 heterocycles. The molecule has 0 aliphatic carbocycles. The summed E-state index contributed by atoms with van der Waals surface area (Å²) in [5.41, 5.74) is 11.2. The zero-order valence-electron chi connectivity index (χ0n) is 47.0. The van der Waals surface area contributed by atoms with Gasteiger partial charge in [0.1, 0.15) is 35.8 Å². The minimum Gasteiger partial charge on any atom is -0.489 e. The van der Waals surface area contributed by atoms with Gasteiger partial charge in [0, 0.05) is 12.8 Å². The summed E-state index contributed by atoms with van der Waals surface area (Å²) in [6.07, 6.45) is 16.3. The normalized spacial score (nSPS) is 14.6. The van der Waals surface area contributed by atoms with Crippen LogP contribution in [0.15, 0.2) is 73.3 Å². The molecule has 0 fully saturated rings. The number of hydrogen-bond acceptors (Lipinski definition) is 24. The Morgan fingerprint density at radius 1 is 0.451 bits per heavy atom. The fourth-order valence-electron chi connectivity index (χ4n) is 5.63. The number of nitrogens with one attached hydrogen (secondary N) is 4. The largest absolute Gasteiger partial charge is 0.489 e. The van der Waals surface area contributed by atoms with Crippen LogP contribution in [0, 0.1) is 11.8 Å². The van der Waals surface area contributed by atoms with Gasteiger partial charge in [0.15, 0.2) is 12.1 Å². The van der Waals surface area contributed by atoms with Gasteiger partial charge in [-0.2, -0.15) is 50.5 Å². The summed E-state index contributed by atoms with van der Waals surface area (Å²) in [6.45, 7) is 7.90. The summed E-state index contributed by atoms with van der Waals surface area (Å²) in [7, 11) is 2.36. The lowest BCUT2D eigenvalue weighted by Gasteiger charge is -2.21. The molecule has 0 aromatic heterocycles. The number of amides is 4. The molecule has 0 bridgehead atoms. The maximum atomic E-state index is 12.0. The van der Waals surface area contributed by atoms with Crippen molar-refractivity contribution in [1.82, 2.24) is 21.3 Å². The van der Waals surface area contributed by atoms with E-state index in [-0.39, 0.29) is 74.1 Å². The first-order valence-corrected chi connectivity index (χ1v) is 28.1. The van der Waals surface area contributed by atoms with Crippen molar-refractivity contribution in [3.05, 3.63) is 73.3 Å². The van der Waals surface area contributed by atoms with Crippen LogP contribution in [0.2, 0.25) is 0 Å². The van der Waals surface area contributed by atoms with E-state index in [9.17, 15) is 38.4 Å². The fraction of sp³-hybridized carbons (Fsp3) is 0.615. The predicted octanol–water partition coefficient (Wildman–Crippen LogP) is -0.857. The highest BCUT2D eigenvalue weighted by atomic mass is 32.1. The Hall–Kier alpha value is -5.12. The molecule has 0 aliphatic heterocycles. The van der Waals surface area contributed by atoms with E-state index in [1.165, 1.54) is 7.11 Å². The van der Waals surface area contributed by atoms with E-state index in [1.807, 2.05) is 38.2 Å².